The Kier molecular flexibility index (Phi) is 9.25. The summed E-state index contributed by atoms with van der Waals surface area (Å²) >= 11 is 3.72. The van der Waals surface area contributed by atoms with Crippen LogP contribution in [0.25, 0.3) is 10.9 Å². The van der Waals surface area contributed by atoms with E-state index in [4.69, 9.17) is 4.74 Å². The van der Waals surface area contributed by atoms with Crippen LogP contribution in [0.1, 0.15) is 37.7 Å². The Morgan fingerprint density at radius 2 is 2.18 bits per heavy atom. The van der Waals surface area contributed by atoms with E-state index in [-0.39, 0.29) is 6.42 Å². The number of hydrogen-bond acceptors (Lipinski definition) is 6. The maximum atomic E-state index is 11.3. The number of methoxy groups -OCH3 is 1. The number of pyridine rings is 1. The molecule has 1 saturated heterocycles. The first kappa shape index (κ1) is 25.0. The molecule has 3 heterocycles. The first-order valence-electron chi connectivity index (χ1n) is 12.1. The molecule has 1 fully saturated rings. The Bertz CT molecular complexity index is 1060. The topological polar surface area (TPSA) is 62.7 Å². The first-order chi connectivity index (χ1) is 16.6. The van der Waals surface area contributed by atoms with Gasteiger partial charge in [0.05, 0.1) is 16.8 Å². The Labute approximate surface area is 210 Å². The van der Waals surface area contributed by atoms with E-state index in [0.29, 0.717) is 11.8 Å². The van der Waals surface area contributed by atoms with Crippen molar-refractivity contribution in [2.45, 2.75) is 42.7 Å². The van der Waals surface area contributed by atoms with Crippen LogP contribution in [0, 0.1) is 11.8 Å². The zero-order valence-corrected chi connectivity index (χ0v) is 21.5. The van der Waals surface area contributed by atoms with Crippen LogP contribution in [0.2, 0.25) is 0 Å². The molecule has 7 heteroatoms. The molecule has 1 aliphatic rings. The lowest BCUT2D eigenvalue weighted by molar-refractivity contribution is -0.137. The Hall–Kier alpha value is -2.09. The molecule has 0 radical (unpaired) electrons. The molecule has 0 saturated carbocycles. The van der Waals surface area contributed by atoms with Crippen molar-refractivity contribution >= 4 is 40.0 Å². The molecule has 2 aromatic heterocycles. The van der Waals surface area contributed by atoms with Gasteiger partial charge in [-0.1, -0.05) is 6.07 Å². The zero-order chi connectivity index (χ0) is 23.8. The number of aryl methyl sites for hydroxylation is 1. The number of piperidine rings is 1. The fraction of sp³-hybridized carbons (Fsp3) is 0.481. The second kappa shape index (κ2) is 12.6. The standard InChI is InChI=1S/C27H34N2O3S2/c1-32-23-8-9-25-24(18-23)21(11-13-28-25)5-2-4-20-12-14-29(19-22(20)7-10-26(30)31)15-17-34-27-6-3-16-33-27/h3,6,8-9,11,13,16,18,20,22H,2,4-5,7,10,12,14-15,17,19H2,1H3,(H,30,31). The summed E-state index contributed by atoms with van der Waals surface area (Å²) in [6.07, 6.45) is 7.38. The van der Waals surface area contributed by atoms with Gasteiger partial charge in [0.1, 0.15) is 5.75 Å². The molecule has 3 aromatic rings. The second-order valence-corrected chi connectivity index (χ2v) is 11.4. The number of benzene rings is 1. The van der Waals surface area contributed by atoms with Crippen molar-refractivity contribution in [1.82, 2.24) is 9.88 Å². The third-order valence-corrected chi connectivity index (χ3v) is 9.02. The van der Waals surface area contributed by atoms with Crippen LogP contribution in [0.3, 0.4) is 0 Å². The monoisotopic (exact) mass is 498 g/mol. The number of carboxylic acid groups (broad SMARTS) is 1. The number of aromatic nitrogens is 1. The highest BCUT2D eigenvalue weighted by Gasteiger charge is 2.29. The van der Waals surface area contributed by atoms with Gasteiger partial charge in [0, 0.05) is 36.8 Å². The average molecular weight is 499 g/mol. The van der Waals surface area contributed by atoms with Gasteiger partial charge in [0.25, 0.3) is 0 Å². The van der Waals surface area contributed by atoms with Crippen LogP contribution in [0.5, 0.6) is 5.75 Å². The molecule has 0 spiro atoms. The number of ether oxygens (including phenoxy) is 1. The van der Waals surface area contributed by atoms with E-state index >= 15 is 0 Å². The number of likely N-dealkylation sites (tertiary alicyclic amines) is 1. The molecule has 182 valence electrons. The third-order valence-electron chi connectivity index (χ3n) is 6.91. The molecule has 0 bridgehead atoms. The highest BCUT2D eigenvalue weighted by Crippen LogP contribution is 2.33. The minimum absolute atomic E-state index is 0.272. The number of thioether (sulfide) groups is 1. The number of carbonyl (C=O) groups is 1. The smallest absolute Gasteiger partial charge is 0.303 e. The number of nitrogens with zero attached hydrogens (tertiary/aromatic N) is 2. The molecule has 34 heavy (non-hydrogen) atoms. The largest absolute Gasteiger partial charge is 0.497 e. The molecular weight excluding hydrogens is 464 g/mol. The van der Waals surface area contributed by atoms with Crippen molar-refractivity contribution in [3.8, 4) is 5.75 Å². The van der Waals surface area contributed by atoms with Gasteiger partial charge in [0.15, 0.2) is 0 Å². The number of carboxylic acids is 1. The van der Waals surface area contributed by atoms with Crippen molar-refractivity contribution in [1.29, 1.82) is 0 Å². The van der Waals surface area contributed by atoms with Gasteiger partial charge in [-0.05, 0) is 91.8 Å². The van der Waals surface area contributed by atoms with Crippen molar-refractivity contribution in [2.24, 2.45) is 11.8 Å². The summed E-state index contributed by atoms with van der Waals surface area (Å²) in [6.45, 7) is 3.22. The molecule has 4 rings (SSSR count). The van der Waals surface area contributed by atoms with E-state index in [1.807, 2.05) is 30.1 Å². The minimum Gasteiger partial charge on any atom is -0.497 e. The number of aliphatic carboxylic acids is 1. The summed E-state index contributed by atoms with van der Waals surface area (Å²) in [4.78, 5) is 18.3. The Balaban J connectivity index is 1.32. The fourth-order valence-electron chi connectivity index (χ4n) is 5.08. The predicted octanol–water partition coefficient (Wildman–Crippen LogP) is 6.22. The maximum absolute atomic E-state index is 11.3. The van der Waals surface area contributed by atoms with Gasteiger partial charge in [0.2, 0.25) is 0 Å². The van der Waals surface area contributed by atoms with Crippen LogP contribution in [0.4, 0.5) is 0 Å². The zero-order valence-electron chi connectivity index (χ0n) is 19.8. The molecule has 1 aliphatic heterocycles. The molecule has 1 N–H and O–H groups in total. The summed E-state index contributed by atoms with van der Waals surface area (Å²) in [7, 11) is 1.70. The maximum Gasteiger partial charge on any atom is 0.303 e. The van der Waals surface area contributed by atoms with E-state index in [9.17, 15) is 9.90 Å². The SMILES string of the molecule is COc1ccc2nccc(CCCC3CCN(CCSc4cccs4)CC3CCC(=O)O)c2c1. The highest BCUT2D eigenvalue weighted by molar-refractivity contribution is 8.01. The van der Waals surface area contributed by atoms with Gasteiger partial charge >= 0.3 is 5.97 Å². The molecule has 0 amide bonds. The van der Waals surface area contributed by atoms with Crippen LogP contribution in [-0.2, 0) is 11.2 Å². The molecule has 2 unspecified atom stereocenters. The van der Waals surface area contributed by atoms with Crippen LogP contribution in [0.15, 0.2) is 52.2 Å². The Morgan fingerprint density at radius 1 is 1.26 bits per heavy atom. The fourth-order valence-corrected chi connectivity index (χ4v) is 6.94. The van der Waals surface area contributed by atoms with Crippen LogP contribution >= 0.6 is 23.1 Å². The molecule has 1 aromatic carbocycles. The number of hydrogen-bond donors (Lipinski definition) is 1. The van der Waals surface area contributed by atoms with Crippen LogP contribution < -0.4 is 4.74 Å². The molecule has 0 aliphatic carbocycles. The van der Waals surface area contributed by atoms with Crippen molar-refractivity contribution < 1.29 is 14.6 Å². The third kappa shape index (κ3) is 6.96. The van der Waals surface area contributed by atoms with Gasteiger partial charge in [-0.3, -0.25) is 9.78 Å². The van der Waals surface area contributed by atoms with E-state index < -0.39 is 5.97 Å². The molecule has 5 nitrogen and oxygen atoms in total. The van der Waals surface area contributed by atoms with Gasteiger partial charge < -0.3 is 14.7 Å². The van der Waals surface area contributed by atoms with Gasteiger partial charge in [-0.25, -0.2) is 0 Å². The summed E-state index contributed by atoms with van der Waals surface area (Å²) in [5, 5.41) is 12.6. The van der Waals surface area contributed by atoms with E-state index in [0.717, 1.165) is 62.3 Å². The van der Waals surface area contributed by atoms with Crippen LogP contribution in [-0.4, -0.2) is 53.5 Å². The summed E-state index contributed by atoms with van der Waals surface area (Å²) in [5.41, 5.74) is 2.32. The Morgan fingerprint density at radius 3 is 2.97 bits per heavy atom. The van der Waals surface area contributed by atoms with Crippen molar-refractivity contribution in [2.75, 3.05) is 32.5 Å². The lowest BCUT2D eigenvalue weighted by Gasteiger charge is -2.39. The second-order valence-electron chi connectivity index (χ2n) is 9.07. The first-order valence-corrected chi connectivity index (χ1v) is 14.0. The number of thiophene rings is 1. The van der Waals surface area contributed by atoms with E-state index in [1.54, 1.807) is 18.4 Å². The van der Waals surface area contributed by atoms with Crippen molar-refractivity contribution in [3.63, 3.8) is 0 Å². The van der Waals surface area contributed by atoms with Gasteiger partial charge in [-0.15, -0.1) is 23.1 Å². The summed E-state index contributed by atoms with van der Waals surface area (Å²) < 4.78 is 6.79. The number of rotatable bonds is 12. The quantitative estimate of drug-likeness (QED) is 0.299. The molecule has 2 atom stereocenters. The average Bonchev–Trinajstić information content (AvgIpc) is 3.37. The lowest BCUT2D eigenvalue weighted by atomic mass is 9.79. The minimum atomic E-state index is -0.679. The summed E-state index contributed by atoms with van der Waals surface area (Å²) in [6, 6.07) is 12.5. The normalized spacial score (nSPS) is 18.9. The van der Waals surface area contributed by atoms with E-state index in [2.05, 4.69) is 39.5 Å². The number of fused-ring (bicyclic) bond motifs is 1. The predicted molar refractivity (Wildman–Crippen MR) is 141 cm³/mol. The van der Waals surface area contributed by atoms with E-state index in [1.165, 1.54) is 21.6 Å². The lowest BCUT2D eigenvalue weighted by Crippen LogP contribution is -2.41. The van der Waals surface area contributed by atoms with Gasteiger partial charge in [-0.2, -0.15) is 0 Å². The highest BCUT2D eigenvalue weighted by atomic mass is 32.2. The summed E-state index contributed by atoms with van der Waals surface area (Å²) in [5.74, 6) is 2.34. The molecular formula is C27H34N2O3S2. The van der Waals surface area contributed by atoms with Crippen molar-refractivity contribution in [3.05, 3.63) is 53.5 Å².